The van der Waals surface area contributed by atoms with Gasteiger partial charge in [0.05, 0.1) is 29.0 Å². The highest BCUT2D eigenvalue weighted by atomic mass is 35.5. The Bertz CT molecular complexity index is 1400. The van der Waals surface area contributed by atoms with E-state index in [-0.39, 0.29) is 24.1 Å². The number of aryl methyl sites for hydroxylation is 1. The number of nitrogens with one attached hydrogen (secondary N) is 1. The minimum atomic E-state index is -0.235. The summed E-state index contributed by atoms with van der Waals surface area (Å²) in [6.07, 6.45) is 1.81. The summed E-state index contributed by atoms with van der Waals surface area (Å²) >= 11 is 7.45. The number of ketones is 1. The number of carbonyl (C=O) groups is 2. The van der Waals surface area contributed by atoms with Gasteiger partial charge in [-0.15, -0.1) is 0 Å². The lowest BCUT2D eigenvalue weighted by Gasteiger charge is -2.18. The highest BCUT2D eigenvalue weighted by Gasteiger charge is 2.20. The third-order valence-electron chi connectivity index (χ3n) is 5.49. The van der Waals surface area contributed by atoms with E-state index in [0.717, 1.165) is 22.5 Å². The molecular weight excluding hydrogens is 470 g/mol. The van der Waals surface area contributed by atoms with Crippen LogP contribution in [0.2, 0.25) is 5.02 Å². The van der Waals surface area contributed by atoms with Gasteiger partial charge in [-0.1, -0.05) is 53.7 Å². The summed E-state index contributed by atoms with van der Waals surface area (Å²) in [5.41, 5.74) is 4.99. The number of carbonyl (C=O) groups excluding carboxylic acids is 2. The summed E-state index contributed by atoms with van der Waals surface area (Å²) in [5.74, 6) is 0.448. The van der Waals surface area contributed by atoms with E-state index in [9.17, 15) is 9.59 Å². The molecule has 6 nitrogen and oxygen atoms in total. The second kappa shape index (κ2) is 9.37. The van der Waals surface area contributed by atoms with Crippen molar-refractivity contribution in [3.8, 4) is 22.7 Å². The van der Waals surface area contributed by atoms with Crippen molar-refractivity contribution in [2.75, 3.05) is 17.7 Å². The van der Waals surface area contributed by atoms with Crippen molar-refractivity contribution in [3.63, 3.8) is 0 Å². The summed E-state index contributed by atoms with van der Waals surface area (Å²) in [6, 6.07) is 20.7. The van der Waals surface area contributed by atoms with Crippen LogP contribution in [0.25, 0.3) is 16.9 Å². The number of halogens is 1. The van der Waals surface area contributed by atoms with E-state index in [0.29, 0.717) is 27.2 Å². The van der Waals surface area contributed by atoms with Crippen LogP contribution in [-0.4, -0.2) is 33.6 Å². The largest absolute Gasteiger partial charge is 0.482 e. The van der Waals surface area contributed by atoms with Gasteiger partial charge in [-0.3, -0.25) is 14.2 Å². The standard InChI is InChI=1S/C26H20ClN3O3S/c1-16-4-2-3-5-21(16)30-22(17-6-9-19(27)10-7-17)13-28-26(30)34-15-23(31)18-8-11-24-20(12-18)29-25(32)14-33-24/h2-13H,14-15H2,1H3,(H,29,32). The van der Waals surface area contributed by atoms with E-state index in [2.05, 4.69) is 14.9 Å². The van der Waals surface area contributed by atoms with Crippen LogP contribution >= 0.6 is 23.4 Å². The number of para-hydroxylation sites is 1. The quantitative estimate of drug-likeness (QED) is 0.273. The minimum Gasteiger partial charge on any atom is -0.482 e. The molecule has 2 heterocycles. The summed E-state index contributed by atoms with van der Waals surface area (Å²) < 4.78 is 7.44. The highest BCUT2D eigenvalue weighted by molar-refractivity contribution is 7.99. The number of rotatable bonds is 6. The molecule has 1 amide bonds. The van der Waals surface area contributed by atoms with Crippen LogP contribution in [0.5, 0.6) is 5.75 Å². The number of hydrogen-bond donors (Lipinski definition) is 1. The van der Waals surface area contributed by atoms with Gasteiger partial charge in [-0.05, 0) is 48.9 Å². The van der Waals surface area contributed by atoms with Gasteiger partial charge in [0, 0.05) is 16.1 Å². The number of fused-ring (bicyclic) bond motifs is 1. The Morgan fingerprint density at radius 3 is 2.74 bits per heavy atom. The Kier molecular flexibility index (Phi) is 6.13. The number of nitrogens with zero attached hydrogens (tertiary/aromatic N) is 2. The third kappa shape index (κ3) is 4.44. The molecule has 1 N–H and O–H groups in total. The second-order valence-corrected chi connectivity index (χ2v) is 9.19. The number of thioether (sulfide) groups is 1. The van der Waals surface area contributed by atoms with Crippen LogP contribution in [0.15, 0.2) is 78.1 Å². The van der Waals surface area contributed by atoms with E-state index in [1.165, 1.54) is 11.8 Å². The van der Waals surface area contributed by atoms with E-state index < -0.39 is 0 Å². The number of ether oxygens (including phenoxy) is 1. The second-order valence-electron chi connectivity index (χ2n) is 7.81. The van der Waals surface area contributed by atoms with Crippen molar-refractivity contribution in [1.29, 1.82) is 0 Å². The number of aromatic nitrogens is 2. The predicted octanol–water partition coefficient (Wildman–Crippen LogP) is 5.81. The van der Waals surface area contributed by atoms with E-state index in [1.807, 2.05) is 61.7 Å². The number of imidazole rings is 1. The van der Waals surface area contributed by atoms with Crippen molar-refractivity contribution >= 4 is 40.7 Å². The molecule has 0 unspecified atom stereocenters. The van der Waals surface area contributed by atoms with Crippen molar-refractivity contribution in [1.82, 2.24) is 9.55 Å². The number of anilines is 1. The SMILES string of the molecule is Cc1ccccc1-n1c(-c2ccc(Cl)cc2)cnc1SCC(=O)c1ccc2c(c1)NC(=O)CO2. The average Bonchev–Trinajstić information content (AvgIpc) is 3.26. The molecule has 0 fully saturated rings. The molecule has 0 saturated heterocycles. The third-order valence-corrected chi connectivity index (χ3v) is 6.70. The van der Waals surface area contributed by atoms with Crippen LogP contribution in [0.3, 0.4) is 0 Å². The molecule has 0 saturated carbocycles. The lowest BCUT2D eigenvalue weighted by molar-refractivity contribution is -0.118. The molecule has 0 spiro atoms. The molecule has 1 aliphatic rings. The first kappa shape index (κ1) is 22.3. The Morgan fingerprint density at radius 1 is 1.15 bits per heavy atom. The van der Waals surface area contributed by atoms with Gasteiger partial charge >= 0.3 is 0 Å². The lowest BCUT2D eigenvalue weighted by atomic mass is 10.1. The van der Waals surface area contributed by atoms with Gasteiger partial charge in [0.15, 0.2) is 17.5 Å². The maximum atomic E-state index is 13.0. The average molecular weight is 490 g/mol. The van der Waals surface area contributed by atoms with Gasteiger partial charge < -0.3 is 10.1 Å². The smallest absolute Gasteiger partial charge is 0.262 e. The Balaban J connectivity index is 1.44. The van der Waals surface area contributed by atoms with Crippen molar-refractivity contribution < 1.29 is 14.3 Å². The van der Waals surface area contributed by atoms with Crippen LogP contribution < -0.4 is 10.1 Å². The fourth-order valence-corrected chi connectivity index (χ4v) is 4.78. The van der Waals surface area contributed by atoms with Crippen LogP contribution in [0.4, 0.5) is 5.69 Å². The molecule has 170 valence electrons. The van der Waals surface area contributed by atoms with Gasteiger partial charge in [-0.2, -0.15) is 0 Å². The first-order valence-corrected chi connectivity index (χ1v) is 12.0. The van der Waals surface area contributed by atoms with Crippen LogP contribution in [0.1, 0.15) is 15.9 Å². The molecule has 0 atom stereocenters. The molecular formula is C26H20ClN3O3S. The molecule has 0 bridgehead atoms. The molecule has 1 aliphatic heterocycles. The van der Waals surface area contributed by atoms with Crippen molar-refractivity contribution in [2.24, 2.45) is 0 Å². The normalized spacial score (nSPS) is 12.6. The molecule has 8 heteroatoms. The summed E-state index contributed by atoms with van der Waals surface area (Å²) in [6.45, 7) is 2.03. The molecule has 5 rings (SSSR count). The zero-order valence-electron chi connectivity index (χ0n) is 18.2. The van der Waals surface area contributed by atoms with Crippen molar-refractivity contribution in [3.05, 3.63) is 89.1 Å². The molecule has 1 aromatic heterocycles. The molecule has 0 radical (unpaired) electrons. The monoisotopic (exact) mass is 489 g/mol. The fourth-order valence-electron chi connectivity index (χ4n) is 3.78. The predicted molar refractivity (Wildman–Crippen MR) is 134 cm³/mol. The van der Waals surface area contributed by atoms with Crippen molar-refractivity contribution in [2.45, 2.75) is 12.1 Å². The number of amides is 1. The fraction of sp³-hybridized carbons (Fsp3) is 0.115. The highest BCUT2D eigenvalue weighted by Crippen LogP contribution is 2.33. The first-order chi connectivity index (χ1) is 16.5. The van der Waals surface area contributed by atoms with Crippen LogP contribution in [0, 0.1) is 6.92 Å². The zero-order valence-corrected chi connectivity index (χ0v) is 19.8. The van der Waals surface area contributed by atoms with E-state index in [4.69, 9.17) is 16.3 Å². The molecule has 0 aliphatic carbocycles. The van der Waals surface area contributed by atoms with Crippen LogP contribution in [-0.2, 0) is 4.79 Å². The van der Waals surface area contributed by atoms with Gasteiger partial charge in [0.2, 0.25) is 0 Å². The van der Waals surface area contributed by atoms with Gasteiger partial charge in [0.25, 0.3) is 5.91 Å². The summed E-state index contributed by atoms with van der Waals surface area (Å²) in [7, 11) is 0. The number of Topliss-reactive ketones (excluding diaryl/α,β-unsaturated/α-hetero) is 1. The van der Waals surface area contributed by atoms with Gasteiger partial charge in [-0.25, -0.2) is 4.98 Å². The van der Waals surface area contributed by atoms with E-state index >= 15 is 0 Å². The molecule has 4 aromatic rings. The Hall–Kier alpha value is -3.55. The van der Waals surface area contributed by atoms with Gasteiger partial charge in [0.1, 0.15) is 5.75 Å². The number of hydrogen-bond acceptors (Lipinski definition) is 5. The summed E-state index contributed by atoms with van der Waals surface area (Å²) in [4.78, 5) is 29.2. The molecule has 3 aromatic carbocycles. The maximum absolute atomic E-state index is 13.0. The Morgan fingerprint density at radius 2 is 1.94 bits per heavy atom. The maximum Gasteiger partial charge on any atom is 0.262 e. The summed E-state index contributed by atoms with van der Waals surface area (Å²) in [5, 5.41) is 4.12. The Labute approximate surface area is 205 Å². The molecule has 34 heavy (non-hydrogen) atoms. The van der Waals surface area contributed by atoms with E-state index in [1.54, 1.807) is 18.2 Å². The number of benzene rings is 3. The zero-order chi connectivity index (χ0) is 23.7. The first-order valence-electron chi connectivity index (χ1n) is 10.6. The topological polar surface area (TPSA) is 73.2 Å². The lowest BCUT2D eigenvalue weighted by Crippen LogP contribution is -2.25. The minimum absolute atomic E-state index is 0.0202.